The third-order valence-corrected chi connectivity index (χ3v) is 3.72. The largest absolute Gasteiger partial charge is 0.497 e. The van der Waals surface area contributed by atoms with E-state index >= 15 is 0 Å². The Bertz CT molecular complexity index is 527. The molecular formula is C14H17F3N2O2. The third-order valence-electron chi connectivity index (χ3n) is 3.72. The standard InChI is InChI=1S/C14H17F3N2O2/c1-8(9-6-18-7-9)13(20)19-12-4-3-10(21-2)5-11(12)14(15,16)17/h3-5,8-9,18H,6-7H2,1-2H3,(H,19,20). The Balaban J connectivity index is 2.20. The first-order valence-corrected chi connectivity index (χ1v) is 6.59. The molecule has 1 amide bonds. The molecule has 1 atom stereocenters. The van der Waals surface area contributed by atoms with E-state index in [9.17, 15) is 18.0 Å². The number of halogens is 3. The molecule has 1 unspecified atom stereocenters. The molecule has 21 heavy (non-hydrogen) atoms. The van der Waals surface area contributed by atoms with Gasteiger partial charge in [0.05, 0.1) is 18.4 Å². The number of benzene rings is 1. The van der Waals surface area contributed by atoms with Crippen LogP contribution in [0.2, 0.25) is 0 Å². The van der Waals surface area contributed by atoms with Crippen molar-refractivity contribution in [1.82, 2.24) is 5.32 Å². The van der Waals surface area contributed by atoms with Gasteiger partial charge in [0.25, 0.3) is 0 Å². The minimum Gasteiger partial charge on any atom is -0.497 e. The zero-order valence-electron chi connectivity index (χ0n) is 11.8. The molecule has 0 aromatic heterocycles. The van der Waals surface area contributed by atoms with Crippen LogP contribution < -0.4 is 15.4 Å². The Morgan fingerprint density at radius 3 is 2.57 bits per heavy atom. The number of carbonyl (C=O) groups excluding carboxylic acids is 1. The first-order valence-electron chi connectivity index (χ1n) is 6.59. The molecule has 1 aromatic carbocycles. The van der Waals surface area contributed by atoms with Crippen molar-refractivity contribution in [2.45, 2.75) is 13.1 Å². The van der Waals surface area contributed by atoms with E-state index < -0.39 is 17.6 Å². The van der Waals surface area contributed by atoms with Gasteiger partial charge in [-0.05, 0) is 37.2 Å². The van der Waals surface area contributed by atoms with Crippen LogP contribution in [-0.4, -0.2) is 26.1 Å². The van der Waals surface area contributed by atoms with E-state index in [0.29, 0.717) is 13.1 Å². The molecule has 1 heterocycles. The number of anilines is 1. The summed E-state index contributed by atoms with van der Waals surface area (Å²) in [6, 6.07) is 3.48. The molecule has 1 aliphatic heterocycles. The Kier molecular flexibility index (Phi) is 4.41. The molecule has 116 valence electrons. The summed E-state index contributed by atoms with van der Waals surface area (Å²) < 4.78 is 43.9. The zero-order valence-corrected chi connectivity index (χ0v) is 11.8. The van der Waals surface area contributed by atoms with Crippen LogP contribution in [0.3, 0.4) is 0 Å². The fourth-order valence-corrected chi connectivity index (χ4v) is 2.12. The van der Waals surface area contributed by atoms with Crippen molar-refractivity contribution in [2.24, 2.45) is 11.8 Å². The highest BCUT2D eigenvalue weighted by Crippen LogP contribution is 2.37. The van der Waals surface area contributed by atoms with Crippen LogP contribution in [0.5, 0.6) is 5.75 Å². The number of carbonyl (C=O) groups is 1. The van der Waals surface area contributed by atoms with Gasteiger partial charge in [0.15, 0.2) is 0 Å². The van der Waals surface area contributed by atoms with Crippen molar-refractivity contribution in [3.05, 3.63) is 23.8 Å². The van der Waals surface area contributed by atoms with Gasteiger partial charge >= 0.3 is 6.18 Å². The number of alkyl halides is 3. The van der Waals surface area contributed by atoms with E-state index in [2.05, 4.69) is 10.6 Å². The molecule has 1 fully saturated rings. The van der Waals surface area contributed by atoms with Gasteiger partial charge in [-0.3, -0.25) is 4.79 Å². The predicted molar refractivity (Wildman–Crippen MR) is 72.1 cm³/mol. The van der Waals surface area contributed by atoms with Gasteiger partial charge in [0, 0.05) is 5.92 Å². The smallest absolute Gasteiger partial charge is 0.418 e. The summed E-state index contributed by atoms with van der Waals surface area (Å²) in [5.74, 6) is -0.485. The summed E-state index contributed by atoms with van der Waals surface area (Å²) in [5, 5.41) is 5.41. The Labute approximate surface area is 120 Å². The number of hydrogen-bond acceptors (Lipinski definition) is 3. The van der Waals surface area contributed by atoms with Crippen molar-refractivity contribution in [2.75, 3.05) is 25.5 Å². The van der Waals surface area contributed by atoms with Crippen LogP contribution in [-0.2, 0) is 11.0 Å². The van der Waals surface area contributed by atoms with Crippen molar-refractivity contribution >= 4 is 11.6 Å². The molecule has 7 heteroatoms. The number of methoxy groups -OCH3 is 1. The maximum Gasteiger partial charge on any atom is 0.418 e. The van der Waals surface area contributed by atoms with E-state index in [1.54, 1.807) is 6.92 Å². The van der Waals surface area contributed by atoms with Gasteiger partial charge in [-0.25, -0.2) is 0 Å². The highest BCUT2D eigenvalue weighted by Gasteiger charge is 2.35. The quantitative estimate of drug-likeness (QED) is 0.898. The van der Waals surface area contributed by atoms with Crippen LogP contribution in [0.4, 0.5) is 18.9 Å². The lowest BCUT2D eigenvalue weighted by molar-refractivity contribution is -0.137. The molecule has 2 rings (SSSR count). The van der Waals surface area contributed by atoms with Crippen LogP contribution in [0.15, 0.2) is 18.2 Å². The van der Waals surface area contributed by atoms with E-state index in [1.165, 1.54) is 19.2 Å². The van der Waals surface area contributed by atoms with E-state index in [0.717, 1.165) is 6.07 Å². The number of nitrogens with one attached hydrogen (secondary N) is 2. The summed E-state index contributed by atoms with van der Waals surface area (Å²) in [5.41, 5.74) is -1.15. The molecule has 4 nitrogen and oxygen atoms in total. The monoisotopic (exact) mass is 302 g/mol. The average molecular weight is 302 g/mol. The second-order valence-electron chi connectivity index (χ2n) is 5.11. The van der Waals surface area contributed by atoms with Crippen LogP contribution in [0.1, 0.15) is 12.5 Å². The summed E-state index contributed by atoms with van der Waals surface area (Å²) >= 11 is 0. The molecular weight excluding hydrogens is 285 g/mol. The summed E-state index contributed by atoms with van der Waals surface area (Å²) in [6.07, 6.45) is -4.56. The maximum atomic E-state index is 13.0. The van der Waals surface area contributed by atoms with Gasteiger partial charge < -0.3 is 15.4 Å². The van der Waals surface area contributed by atoms with Crippen molar-refractivity contribution < 1.29 is 22.7 Å². The second kappa shape index (κ2) is 5.93. The molecule has 2 N–H and O–H groups in total. The minimum absolute atomic E-state index is 0.0940. The number of hydrogen-bond donors (Lipinski definition) is 2. The lowest BCUT2D eigenvalue weighted by Gasteiger charge is -2.31. The topological polar surface area (TPSA) is 50.4 Å². The molecule has 1 aliphatic rings. The van der Waals surface area contributed by atoms with E-state index in [1.807, 2.05) is 0 Å². The van der Waals surface area contributed by atoms with Gasteiger partial charge in [-0.2, -0.15) is 13.2 Å². The van der Waals surface area contributed by atoms with Gasteiger partial charge in [0.1, 0.15) is 5.75 Å². The number of ether oxygens (including phenoxy) is 1. The highest BCUT2D eigenvalue weighted by molar-refractivity contribution is 5.93. The van der Waals surface area contributed by atoms with Gasteiger partial charge in [-0.1, -0.05) is 6.92 Å². The van der Waals surface area contributed by atoms with E-state index in [4.69, 9.17) is 4.74 Å². The molecule has 0 radical (unpaired) electrons. The van der Waals surface area contributed by atoms with Crippen LogP contribution in [0, 0.1) is 11.8 Å². The Morgan fingerprint density at radius 2 is 2.10 bits per heavy atom. The lowest BCUT2D eigenvalue weighted by atomic mass is 9.88. The highest BCUT2D eigenvalue weighted by atomic mass is 19.4. The summed E-state index contributed by atoms with van der Waals surface area (Å²) in [7, 11) is 1.29. The molecule has 0 saturated carbocycles. The lowest BCUT2D eigenvalue weighted by Crippen LogP contribution is -2.48. The van der Waals surface area contributed by atoms with Gasteiger partial charge in [0.2, 0.25) is 5.91 Å². The Hall–Kier alpha value is -1.76. The molecule has 0 aliphatic carbocycles. The predicted octanol–water partition coefficient (Wildman–Crippen LogP) is 2.51. The zero-order chi connectivity index (χ0) is 15.6. The third kappa shape index (κ3) is 3.47. The maximum absolute atomic E-state index is 13.0. The summed E-state index contributed by atoms with van der Waals surface area (Å²) in [4.78, 5) is 12.0. The Morgan fingerprint density at radius 1 is 1.43 bits per heavy atom. The fraction of sp³-hybridized carbons (Fsp3) is 0.500. The van der Waals surface area contributed by atoms with Gasteiger partial charge in [-0.15, -0.1) is 0 Å². The SMILES string of the molecule is COc1ccc(NC(=O)C(C)C2CNC2)c(C(F)(F)F)c1. The summed E-state index contributed by atoms with van der Waals surface area (Å²) in [6.45, 7) is 3.14. The van der Waals surface area contributed by atoms with Crippen molar-refractivity contribution in [1.29, 1.82) is 0 Å². The van der Waals surface area contributed by atoms with E-state index in [-0.39, 0.29) is 23.3 Å². The molecule has 1 aromatic rings. The molecule has 0 bridgehead atoms. The van der Waals surface area contributed by atoms with Crippen LogP contribution in [0.25, 0.3) is 0 Å². The second-order valence-corrected chi connectivity index (χ2v) is 5.11. The number of amides is 1. The van der Waals surface area contributed by atoms with Crippen LogP contribution >= 0.6 is 0 Å². The molecule has 0 spiro atoms. The molecule has 1 saturated heterocycles. The van der Waals surface area contributed by atoms with Crippen molar-refractivity contribution in [3.8, 4) is 5.75 Å². The number of rotatable bonds is 4. The first kappa shape index (κ1) is 15.6. The first-order chi connectivity index (χ1) is 9.82. The minimum atomic E-state index is -4.56. The fourth-order valence-electron chi connectivity index (χ4n) is 2.12. The van der Waals surface area contributed by atoms with Crippen molar-refractivity contribution in [3.63, 3.8) is 0 Å². The normalized spacial score (nSPS) is 17.0. The average Bonchev–Trinajstić information content (AvgIpc) is 2.35.